The Balaban J connectivity index is 1.15. The van der Waals surface area contributed by atoms with Crippen molar-refractivity contribution in [2.24, 2.45) is 5.92 Å². The highest BCUT2D eigenvalue weighted by atomic mass is 32.2. The van der Waals surface area contributed by atoms with Crippen molar-refractivity contribution in [3.63, 3.8) is 0 Å². The molecular formula is C44H53N7O7S2. The fourth-order valence-corrected chi connectivity index (χ4v) is 10.5. The minimum Gasteiger partial charge on any atom is -0.496 e. The molecule has 3 N–H and O–H groups in total. The quantitative estimate of drug-likeness (QED) is 0.150. The first kappa shape index (κ1) is 41.6. The number of amides is 3. The fourth-order valence-electron chi connectivity index (χ4n) is 8.23. The smallest absolute Gasteiger partial charge is 0.259 e. The van der Waals surface area contributed by atoms with Gasteiger partial charge in [-0.1, -0.05) is 44.9 Å². The summed E-state index contributed by atoms with van der Waals surface area (Å²) < 4.78 is 40.4. The Hall–Kier alpha value is -5.09. The number of aromatic nitrogens is 3. The van der Waals surface area contributed by atoms with Crippen LogP contribution in [-0.4, -0.2) is 88.1 Å². The van der Waals surface area contributed by atoms with Crippen molar-refractivity contribution in [3.05, 3.63) is 71.4 Å². The van der Waals surface area contributed by atoms with Crippen LogP contribution in [0.5, 0.6) is 11.5 Å². The van der Waals surface area contributed by atoms with Gasteiger partial charge in [-0.15, -0.1) is 11.3 Å². The lowest BCUT2D eigenvalue weighted by Crippen LogP contribution is -2.58. The summed E-state index contributed by atoms with van der Waals surface area (Å²) in [6.45, 7) is 7.81. The number of hydrogen-bond donors (Lipinski definition) is 3. The molecule has 4 aliphatic rings. The largest absolute Gasteiger partial charge is 0.496 e. The predicted molar refractivity (Wildman–Crippen MR) is 230 cm³/mol. The van der Waals surface area contributed by atoms with E-state index >= 15 is 0 Å². The first-order valence-corrected chi connectivity index (χ1v) is 23.2. The lowest BCUT2D eigenvalue weighted by Gasteiger charge is -2.30. The van der Waals surface area contributed by atoms with Crippen LogP contribution in [0.3, 0.4) is 0 Å². The number of rotatable bonds is 10. The van der Waals surface area contributed by atoms with Crippen LogP contribution in [0.1, 0.15) is 95.7 Å². The number of aryl methyl sites for hydroxylation is 1. The van der Waals surface area contributed by atoms with Gasteiger partial charge in [0.05, 0.1) is 29.6 Å². The molecule has 1 aromatic carbocycles. The number of thiazole rings is 1. The molecule has 0 unspecified atom stereocenters. The standard InChI is InChI=1S/C44H53N7O7S2/c1-26(2)33-25-59-40(48-33)32-22-36(30-16-17-35(57-5)27(3)38(30)47-32)58-29-21-34-39(52)49-44(42(54)50-60(55,56)43(4)18-19-43)23-28(44)13-9-7-6-8-10-14-31(41(53)51(34)24-29)46-37-15-11-12-20-45-37/h9,11-13,15-17,20,22,25-26,28-29,31,34H,6-8,10,14,18-19,21,23-24H2,1-5H3,(H,45,46)(H,49,52)(H,50,54)/b13-9-/t28-,29-,31+,34+,44-/m1/s1. The van der Waals surface area contributed by atoms with Crippen LogP contribution in [0.15, 0.2) is 60.1 Å². The molecule has 5 heterocycles. The van der Waals surface area contributed by atoms with Gasteiger partial charge in [-0.3, -0.25) is 19.1 Å². The lowest BCUT2D eigenvalue weighted by molar-refractivity contribution is -0.140. The zero-order valence-corrected chi connectivity index (χ0v) is 36.3. The van der Waals surface area contributed by atoms with Crippen LogP contribution in [-0.2, 0) is 24.4 Å². The summed E-state index contributed by atoms with van der Waals surface area (Å²) >= 11 is 1.50. The lowest BCUT2D eigenvalue weighted by atomic mass is 10.0. The van der Waals surface area contributed by atoms with Crippen molar-refractivity contribution >= 4 is 55.8 Å². The minimum atomic E-state index is -3.98. The number of pyridine rings is 2. The van der Waals surface area contributed by atoms with Gasteiger partial charge in [-0.25, -0.2) is 23.4 Å². The number of hydrogen-bond acceptors (Lipinski definition) is 12. The Labute approximate surface area is 355 Å². The number of ether oxygens (including phenoxy) is 2. The number of sulfonamides is 1. The summed E-state index contributed by atoms with van der Waals surface area (Å²) in [4.78, 5) is 59.5. The van der Waals surface area contributed by atoms with Crippen molar-refractivity contribution in [1.82, 2.24) is 29.9 Å². The molecule has 3 amide bonds. The molecule has 3 fully saturated rings. The van der Waals surface area contributed by atoms with E-state index in [9.17, 15) is 22.8 Å². The summed E-state index contributed by atoms with van der Waals surface area (Å²) in [5.41, 5.74) is 1.61. The van der Waals surface area contributed by atoms with E-state index in [1.54, 1.807) is 37.3 Å². The van der Waals surface area contributed by atoms with Crippen molar-refractivity contribution in [3.8, 4) is 22.2 Å². The Kier molecular flexibility index (Phi) is 11.4. The van der Waals surface area contributed by atoms with Crippen LogP contribution >= 0.6 is 11.3 Å². The van der Waals surface area contributed by atoms with Gasteiger partial charge in [0.2, 0.25) is 21.8 Å². The normalized spacial score (nSPS) is 25.9. The summed E-state index contributed by atoms with van der Waals surface area (Å²) in [5, 5.41) is 9.82. The third-order valence-electron chi connectivity index (χ3n) is 12.5. The third kappa shape index (κ3) is 8.19. The third-order valence-corrected chi connectivity index (χ3v) is 15.5. The molecule has 8 rings (SSSR count). The molecule has 4 aromatic rings. The van der Waals surface area contributed by atoms with Crippen LogP contribution in [0, 0.1) is 12.8 Å². The topological polar surface area (TPSA) is 182 Å². The number of benzene rings is 1. The van der Waals surface area contributed by atoms with Crippen LogP contribution in [0.2, 0.25) is 0 Å². The van der Waals surface area contributed by atoms with Gasteiger partial charge in [0.15, 0.2) is 0 Å². The molecular weight excluding hydrogens is 803 g/mol. The van der Waals surface area contributed by atoms with Gasteiger partial charge in [0.25, 0.3) is 5.91 Å². The zero-order valence-electron chi connectivity index (χ0n) is 34.7. The molecule has 60 heavy (non-hydrogen) atoms. The maximum Gasteiger partial charge on any atom is 0.259 e. The van der Waals surface area contributed by atoms with E-state index in [0.29, 0.717) is 47.8 Å². The molecule has 0 radical (unpaired) electrons. The van der Waals surface area contributed by atoms with E-state index in [-0.39, 0.29) is 31.2 Å². The first-order chi connectivity index (χ1) is 28.7. The van der Waals surface area contributed by atoms with E-state index in [2.05, 4.69) is 34.2 Å². The summed E-state index contributed by atoms with van der Waals surface area (Å²) in [5.74, 6) is -0.0454. The molecule has 16 heteroatoms. The van der Waals surface area contributed by atoms with Crippen molar-refractivity contribution < 1.29 is 32.3 Å². The molecule has 2 aliphatic heterocycles. The molecule has 318 valence electrons. The van der Waals surface area contributed by atoms with Gasteiger partial charge >= 0.3 is 0 Å². The monoisotopic (exact) mass is 855 g/mol. The second kappa shape index (κ2) is 16.4. The molecule has 0 bridgehead atoms. The molecule has 5 atom stereocenters. The van der Waals surface area contributed by atoms with E-state index in [0.717, 1.165) is 47.3 Å². The Morgan fingerprint density at radius 1 is 1.08 bits per heavy atom. The van der Waals surface area contributed by atoms with Crippen molar-refractivity contribution in [1.29, 1.82) is 0 Å². The van der Waals surface area contributed by atoms with Crippen LogP contribution in [0.25, 0.3) is 21.6 Å². The Morgan fingerprint density at radius 2 is 1.90 bits per heavy atom. The highest BCUT2D eigenvalue weighted by Gasteiger charge is 2.63. The van der Waals surface area contributed by atoms with Crippen LogP contribution in [0.4, 0.5) is 5.82 Å². The Bertz CT molecular complexity index is 2430. The summed E-state index contributed by atoms with van der Waals surface area (Å²) in [6.07, 6.45) is 9.92. The summed E-state index contributed by atoms with van der Waals surface area (Å²) in [7, 11) is -2.37. The number of fused-ring (bicyclic) bond motifs is 3. The number of carbonyl (C=O) groups excluding carboxylic acids is 3. The average molecular weight is 856 g/mol. The molecule has 14 nitrogen and oxygen atoms in total. The van der Waals surface area contributed by atoms with Gasteiger partial charge in [0, 0.05) is 40.9 Å². The average Bonchev–Trinajstić information content (AvgIpc) is 4.00. The van der Waals surface area contributed by atoms with Crippen molar-refractivity contribution in [2.45, 2.75) is 120 Å². The number of anilines is 1. The number of methoxy groups -OCH3 is 1. The predicted octanol–water partition coefficient (Wildman–Crippen LogP) is 6.42. The highest BCUT2D eigenvalue weighted by molar-refractivity contribution is 7.91. The van der Waals surface area contributed by atoms with E-state index in [4.69, 9.17) is 19.4 Å². The number of carbonyl (C=O) groups is 3. The number of nitrogens with zero attached hydrogens (tertiary/aromatic N) is 4. The minimum absolute atomic E-state index is 0.0790. The SMILES string of the molecule is COc1ccc2c(O[C@@H]3C[C@H]4C(=O)N[C@]5(C(=O)NS(=O)(=O)C6(C)CC6)C[C@H]5/C=C\CCCCC[C@H](Nc5ccccn5)C(=O)N4C3)cc(-c3nc(C(C)C)cs3)nc2c1C. The van der Waals surface area contributed by atoms with Crippen LogP contribution < -0.4 is 24.8 Å². The number of nitrogens with one attached hydrogen (secondary N) is 3. The van der Waals surface area contributed by atoms with E-state index < -0.39 is 56.2 Å². The molecule has 2 aliphatic carbocycles. The van der Waals surface area contributed by atoms with Gasteiger partial charge < -0.3 is 25.0 Å². The van der Waals surface area contributed by atoms with Gasteiger partial charge in [-0.2, -0.15) is 0 Å². The molecule has 0 spiro atoms. The first-order valence-electron chi connectivity index (χ1n) is 20.9. The van der Waals surface area contributed by atoms with E-state index in [1.165, 1.54) is 11.3 Å². The molecule has 2 saturated carbocycles. The van der Waals surface area contributed by atoms with Crippen molar-refractivity contribution in [2.75, 3.05) is 19.0 Å². The Morgan fingerprint density at radius 3 is 2.62 bits per heavy atom. The second-order valence-corrected chi connectivity index (χ2v) is 20.2. The zero-order chi connectivity index (χ0) is 42.4. The molecule has 1 saturated heterocycles. The van der Waals surface area contributed by atoms with Gasteiger partial charge in [0.1, 0.15) is 51.7 Å². The molecule has 3 aromatic heterocycles. The fraction of sp³-hybridized carbons (Fsp3) is 0.500. The summed E-state index contributed by atoms with van der Waals surface area (Å²) in [6, 6.07) is 9.34. The highest BCUT2D eigenvalue weighted by Crippen LogP contribution is 2.48. The second-order valence-electron chi connectivity index (χ2n) is 17.1. The maximum absolute atomic E-state index is 14.8. The van der Waals surface area contributed by atoms with E-state index in [1.807, 2.05) is 48.7 Å². The number of allylic oxidation sites excluding steroid dienone is 1. The maximum atomic E-state index is 14.8. The van der Waals surface area contributed by atoms with Gasteiger partial charge in [-0.05, 0) is 82.6 Å².